The van der Waals surface area contributed by atoms with Crippen LogP contribution in [0.1, 0.15) is 25.3 Å². The molecule has 1 aromatic rings. The van der Waals surface area contributed by atoms with E-state index < -0.39 is 5.72 Å². The maximum atomic E-state index is 10.9. The number of hydrogen-bond acceptors (Lipinski definition) is 4. The molecule has 0 radical (unpaired) electrons. The molecule has 0 saturated carbocycles. The van der Waals surface area contributed by atoms with Crippen molar-refractivity contribution in [2.75, 3.05) is 0 Å². The fourth-order valence-electron chi connectivity index (χ4n) is 1.80. The molecule has 0 aliphatic carbocycles. The van der Waals surface area contributed by atoms with Crippen LogP contribution in [0, 0.1) is 0 Å². The second kappa shape index (κ2) is 4.02. The van der Waals surface area contributed by atoms with Gasteiger partial charge >= 0.3 is 0 Å². The molecule has 84 valence electrons. The second-order valence-corrected chi connectivity index (χ2v) is 3.70. The van der Waals surface area contributed by atoms with Crippen molar-refractivity contribution in [1.82, 2.24) is 9.99 Å². The summed E-state index contributed by atoms with van der Waals surface area (Å²) in [5.74, 6) is 0. The van der Waals surface area contributed by atoms with Crippen molar-refractivity contribution in [2.24, 2.45) is 5.10 Å². The average molecular weight is 219 g/mol. The van der Waals surface area contributed by atoms with Crippen LogP contribution in [0.2, 0.25) is 0 Å². The number of pyridine rings is 1. The minimum Gasteiger partial charge on any atom is -0.365 e. The maximum Gasteiger partial charge on any atom is 0.232 e. The SMILES string of the molecule is CCC1=NN(C=O)[C@](O)(c2ccncc2)C1. The Kier molecular flexibility index (Phi) is 2.70. The van der Waals surface area contributed by atoms with E-state index in [4.69, 9.17) is 0 Å². The van der Waals surface area contributed by atoms with Gasteiger partial charge in [-0.3, -0.25) is 9.78 Å². The third-order valence-electron chi connectivity index (χ3n) is 2.73. The molecular weight excluding hydrogens is 206 g/mol. The minimum atomic E-state index is -1.35. The fraction of sp³-hybridized carbons (Fsp3) is 0.364. The average Bonchev–Trinajstić information content (AvgIpc) is 2.68. The summed E-state index contributed by atoms with van der Waals surface area (Å²) in [5, 5.41) is 15.6. The van der Waals surface area contributed by atoms with Gasteiger partial charge in [0, 0.05) is 30.1 Å². The highest BCUT2D eigenvalue weighted by atomic mass is 16.3. The maximum absolute atomic E-state index is 10.9. The van der Waals surface area contributed by atoms with Crippen molar-refractivity contribution in [3.05, 3.63) is 30.1 Å². The third-order valence-corrected chi connectivity index (χ3v) is 2.73. The first-order chi connectivity index (χ1) is 7.70. The second-order valence-electron chi connectivity index (χ2n) is 3.70. The highest BCUT2D eigenvalue weighted by Gasteiger charge is 2.41. The lowest BCUT2D eigenvalue weighted by molar-refractivity contribution is -0.143. The fourth-order valence-corrected chi connectivity index (χ4v) is 1.80. The van der Waals surface area contributed by atoms with Gasteiger partial charge in [-0.2, -0.15) is 10.1 Å². The summed E-state index contributed by atoms with van der Waals surface area (Å²) in [4.78, 5) is 14.8. The number of rotatable bonds is 3. The van der Waals surface area contributed by atoms with Gasteiger partial charge in [-0.15, -0.1) is 0 Å². The van der Waals surface area contributed by atoms with E-state index in [1.807, 2.05) is 6.92 Å². The van der Waals surface area contributed by atoms with Gasteiger partial charge in [-0.05, 0) is 18.6 Å². The minimum absolute atomic E-state index is 0.353. The van der Waals surface area contributed by atoms with Gasteiger partial charge in [0.15, 0.2) is 5.72 Å². The molecule has 2 rings (SSSR count). The Bertz CT molecular complexity index is 418. The Hall–Kier alpha value is -1.75. The highest BCUT2D eigenvalue weighted by molar-refractivity contribution is 5.87. The molecule has 0 unspecified atom stereocenters. The van der Waals surface area contributed by atoms with Crippen molar-refractivity contribution >= 4 is 12.1 Å². The van der Waals surface area contributed by atoms with Crippen LogP contribution in [-0.2, 0) is 10.5 Å². The summed E-state index contributed by atoms with van der Waals surface area (Å²) in [6.45, 7) is 1.94. The lowest BCUT2D eigenvalue weighted by Gasteiger charge is -2.28. The lowest BCUT2D eigenvalue weighted by Crippen LogP contribution is -2.39. The Morgan fingerprint density at radius 1 is 1.56 bits per heavy atom. The summed E-state index contributed by atoms with van der Waals surface area (Å²) >= 11 is 0. The van der Waals surface area contributed by atoms with Gasteiger partial charge in [-0.25, -0.2) is 0 Å². The Morgan fingerprint density at radius 3 is 2.81 bits per heavy atom. The number of carbonyl (C=O) groups is 1. The van der Waals surface area contributed by atoms with Gasteiger partial charge in [0.25, 0.3) is 0 Å². The molecule has 0 spiro atoms. The molecule has 2 heterocycles. The van der Waals surface area contributed by atoms with Crippen molar-refractivity contribution in [2.45, 2.75) is 25.5 Å². The molecular formula is C11H13N3O2. The molecule has 16 heavy (non-hydrogen) atoms. The number of aromatic nitrogens is 1. The molecule has 1 aromatic heterocycles. The summed E-state index contributed by atoms with van der Waals surface area (Å²) in [7, 11) is 0. The van der Waals surface area contributed by atoms with Crippen molar-refractivity contribution in [3.63, 3.8) is 0 Å². The summed E-state index contributed by atoms with van der Waals surface area (Å²) < 4.78 is 0. The van der Waals surface area contributed by atoms with Gasteiger partial charge in [0.05, 0.1) is 0 Å². The molecule has 0 bridgehead atoms. The quantitative estimate of drug-likeness (QED) is 0.766. The van der Waals surface area contributed by atoms with E-state index in [1.54, 1.807) is 24.5 Å². The molecule has 1 N–H and O–H groups in total. The molecule has 1 aliphatic rings. The molecule has 0 aromatic carbocycles. The van der Waals surface area contributed by atoms with Gasteiger partial charge in [-0.1, -0.05) is 6.92 Å². The first kappa shape index (κ1) is 10.8. The Balaban J connectivity index is 2.37. The Labute approximate surface area is 93.4 Å². The van der Waals surface area contributed by atoms with Gasteiger partial charge in [0.1, 0.15) is 0 Å². The molecule has 1 amide bonds. The zero-order valence-electron chi connectivity index (χ0n) is 9.00. The van der Waals surface area contributed by atoms with Crippen LogP contribution in [0.5, 0.6) is 0 Å². The van der Waals surface area contributed by atoms with Crippen LogP contribution in [0.25, 0.3) is 0 Å². The first-order valence-corrected chi connectivity index (χ1v) is 5.14. The predicted molar refractivity (Wildman–Crippen MR) is 58.4 cm³/mol. The van der Waals surface area contributed by atoms with Crippen LogP contribution >= 0.6 is 0 Å². The smallest absolute Gasteiger partial charge is 0.232 e. The van der Waals surface area contributed by atoms with E-state index in [1.165, 1.54) is 0 Å². The first-order valence-electron chi connectivity index (χ1n) is 5.14. The van der Waals surface area contributed by atoms with Crippen LogP contribution < -0.4 is 0 Å². The standard InChI is InChI=1S/C11H13N3O2/c1-2-10-7-11(16,14(8-15)13-10)9-3-5-12-6-4-9/h3-6,8,16H,2,7H2,1H3/t11-/m1/s1. The highest BCUT2D eigenvalue weighted by Crippen LogP contribution is 2.34. The third kappa shape index (κ3) is 1.59. The molecule has 5 heteroatoms. The van der Waals surface area contributed by atoms with Crippen LogP contribution in [0.15, 0.2) is 29.6 Å². The number of nitrogens with zero attached hydrogens (tertiary/aromatic N) is 3. The van der Waals surface area contributed by atoms with E-state index in [-0.39, 0.29) is 0 Å². The van der Waals surface area contributed by atoms with E-state index in [0.717, 1.165) is 17.1 Å². The molecule has 0 saturated heterocycles. The topological polar surface area (TPSA) is 65.8 Å². The number of hydrazone groups is 1. The lowest BCUT2D eigenvalue weighted by atomic mass is 9.98. The van der Waals surface area contributed by atoms with Crippen molar-refractivity contribution in [1.29, 1.82) is 0 Å². The summed E-state index contributed by atoms with van der Waals surface area (Å²) in [6.07, 6.45) is 4.79. The van der Waals surface area contributed by atoms with E-state index >= 15 is 0 Å². The summed E-state index contributed by atoms with van der Waals surface area (Å²) in [5.41, 5.74) is 0.0870. The van der Waals surface area contributed by atoms with E-state index in [2.05, 4.69) is 10.1 Å². The molecule has 5 nitrogen and oxygen atoms in total. The van der Waals surface area contributed by atoms with Crippen LogP contribution in [-0.4, -0.2) is 27.2 Å². The molecule has 0 fully saturated rings. The van der Waals surface area contributed by atoms with E-state index in [9.17, 15) is 9.90 Å². The van der Waals surface area contributed by atoms with Gasteiger partial charge in [0.2, 0.25) is 6.41 Å². The van der Waals surface area contributed by atoms with Crippen molar-refractivity contribution in [3.8, 4) is 0 Å². The number of carbonyl (C=O) groups excluding carboxylic acids is 1. The monoisotopic (exact) mass is 219 g/mol. The van der Waals surface area contributed by atoms with Gasteiger partial charge < -0.3 is 5.11 Å². The molecule has 1 aliphatic heterocycles. The van der Waals surface area contributed by atoms with E-state index in [0.29, 0.717) is 18.4 Å². The predicted octanol–water partition coefficient (Wildman–Crippen LogP) is 0.855. The normalized spacial score (nSPS) is 24.4. The zero-order chi connectivity index (χ0) is 11.6. The summed E-state index contributed by atoms with van der Waals surface area (Å²) in [6, 6.07) is 3.37. The Morgan fingerprint density at radius 2 is 2.25 bits per heavy atom. The van der Waals surface area contributed by atoms with Crippen molar-refractivity contribution < 1.29 is 9.90 Å². The van der Waals surface area contributed by atoms with Crippen LogP contribution in [0.4, 0.5) is 0 Å². The molecule has 1 atom stereocenters. The van der Waals surface area contributed by atoms with Crippen LogP contribution in [0.3, 0.4) is 0 Å². The largest absolute Gasteiger partial charge is 0.365 e. The zero-order valence-corrected chi connectivity index (χ0v) is 9.00. The number of aliphatic hydroxyl groups is 1. The number of amides is 1. The number of hydrogen-bond donors (Lipinski definition) is 1.